The zero-order valence-electron chi connectivity index (χ0n) is 11.9. The van der Waals surface area contributed by atoms with Crippen molar-refractivity contribution in [1.82, 2.24) is 4.57 Å². The molecule has 0 spiro atoms. The summed E-state index contributed by atoms with van der Waals surface area (Å²) in [7, 11) is 1.08. The molecule has 0 radical (unpaired) electrons. The summed E-state index contributed by atoms with van der Waals surface area (Å²) in [4.78, 5) is 23.3. The highest BCUT2D eigenvalue weighted by Gasteiger charge is 2.33. The molecule has 0 saturated carbocycles. The van der Waals surface area contributed by atoms with Crippen molar-refractivity contribution in [3.05, 3.63) is 63.6 Å². The number of carbonyl (C=O) groups is 1. The lowest BCUT2D eigenvalue weighted by molar-refractivity contribution is -0.138. The first-order valence-electron chi connectivity index (χ1n) is 6.41. The van der Waals surface area contributed by atoms with Crippen molar-refractivity contribution in [2.75, 3.05) is 7.11 Å². The number of esters is 1. The van der Waals surface area contributed by atoms with Crippen molar-refractivity contribution in [2.24, 2.45) is 0 Å². The lowest BCUT2D eigenvalue weighted by Crippen LogP contribution is -2.23. The second-order valence-electron chi connectivity index (χ2n) is 4.68. The third-order valence-corrected chi connectivity index (χ3v) is 3.17. The Balaban J connectivity index is 2.50. The van der Waals surface area contributed by atoms with Gasteiger partial charge < -0.3 is 14.4 Å². The van der Waals surface area contributed by atoms with Crippen LogP contribution in [0.2, 0.25) is 0 Å². The normalized spacial score (nSPS) is 11.3. The number of benzene rings is 1. The molecule has 0 atom stereocenters. The number of hydrogen-bond donors (Lipinski definition) is 1. The molecular formula is C15H12F3NO4. The molecule has 1 aromatic heterocycles. The average molecular weight is 327 g/mol. The number of carbonyl (C=O) groups excluding carboxylic acids is 1. The summed E-state index contributed by atoms with van der Waals surface area (Å²) in [5.41, 5.74) is -2.06. The molecule has 1 heterocycles. The van der Waals surface area contributed by atoms with Crippen molar-refractivity contribution in [3.8, 4) is 5.75 Å². The molecular weight excluding hydrogens is 315 g/mol. The first-order valence-corrected chi connectivity index (χ1v) is 6.41. The third-order valence-electron chi connectivity index (χ3n) is 3.17. The van der Waals surface area contributed by atoms with Gasteiger partial charge in [-0.05, 0) is 11.6 Å². The highest BCUT2D eigenvalue weighted by atomic mass is 19.4. The van der Waals surface area contributed by atoms with Gasteiger partial charge in [0.15, 0.2) is 0 Å². The fourth-order valence-corrected chi connectivity index (χ4v) is 2.07. The predicted molar refractivity (Wildman–Crippen MR) is 74.3 cm³/mol. The molecule has 0 saturated heterocycles. The van der Waals surface area contributed by atoms with E-state index in [2.05, 4.69) is 4.74 Å². The van der Waals surface area contributed by atoms with E-state index in [0.29, 0.717) is 0 Å². The molecule has 0 fully saturated rings. The highest BCUT2D eigenvalue weighted by Crippen LogP contribution is 2.32. The molecule has 122 valence electrons. The van der Waals surface area contributed by atoms with Crippen molar-refractivity contribution in [3.63, 3.8) is 0 Å². The van der Waals surface area contributed by atoms with E-state index < -0.39 is 35.6 Å². The molecule has 2 rings (SSSR count). The van der Waals surface area contributed by atoms with Crippen LogP contribution in [-0.4, -0.2) is 22.8 Å². The van der Waals surface area contributed by atoms with Gasteiger partial charge in [-0.2, -0.15) is 13.2 Å². The van der Waals surface area contributed by atoms with Crippen LogP contribution >= 0.6 is 0 Å². The van der Waals surface area contributed by atoms with E-state index in [1.54, 1.807) is 0 Å². The Morgan fingerprint density at radius 2 is 1.96 bits per heavy atom. The molecule has 0 amide bonds. The van der Waals surface area contributed by atoms with E-state index in [9.17, 15) is 27.9 Å². The van der Waals surface area contributed by atoms with Crippen molar-refractivity contribution >= 4 is 5.97 Å². The Labute approximate surface area is 128 Å². The van der Waals surface area contributed by atoms with Gasteiger partial charge in [-0.1, -0.05) is 18.2 Å². The van der Waals surface area contributed by atoms with Gasteiger partial charge in [0.1, 0.15) is 11.3 Å². The van der Waals surface area contributed by atoms with Gasteiger partial charge in [0.2, 0.25) is 0 Å². The quantitative estimate of drug-likeness (QED) is 0.879. The molecule has 0 aliphatic heterocycles. The number of aromatic hydroxyl groups is 1. The van der Waals surface area contributed by atoms with E-state index in [0.717, 1.165) is 30.0 Å². The maximum absolute atomic E-state index is 13.0. The lowest BCUT2D eigenvalue weighted by atomic mass is 10.1. The number of rotatable bonds is 3. The smallest absolute Gasteiger partial charge is 0.416 e. The van der Waals surface area contributed by atoms with Gasteiger partial charge in [0.25, 0.3) is 5.56 Å². The second-order valence-corrected chi connectivity index (χ2v) is 4.68. The van der Waals surface area contributed by atoms with Crippen molar-refractivity contribution in [1.29, 1.82) is 0 Å². The van der Waals surface area contributed by atoms with Gasteiger partial charge in [-0.3, -0.25) is 4.79 Å². The third kappa shape index (κ3) is 3.53. The van der Waals surface area contributed by atoms with E-state index in [-0.39, 0.29) is 11.1 Å². The van der Waals surface area contributed by atoms with E-state index in [1.165, 1.54) is 18.2 Å². The second kappa shape index (κ2) is 6.15. The molecule has 23 heavy (non-hydrogen) atoms. The van der Waals surface area contributed by atoms with E-state index >= 15 is 0 Å². The van der Waals surface area contributed by atoms with Crippen LogP contribution < -0.4 is 5.56 Å². The first-order chi connectivity index (χ1) is 10.7. The Bertz CT molecular complexity index is 796. The summed E-state index contributed by atoms with van der Waals surface area (Å²) >= 11 is 0. The lowest BCUT2D eigenvalue weighted by Gasteiger charge is -2.14. The molecule has 1 N–H and O–H groups in total. The predicted octanol–water partition coefficient (Wildman–Crippen LogP) is 2.41. The summed E-state index contributed by atoms with van der Waals surface area (Å²) in [5.74, 6) is -1.50. The van der Waals surface area contributed by atoms with Crippen molar-refractivity contribution in [2.45, 2.75) is 12.7 Å². The standard InChI is InChI=1S/C15H12F3NO4/c1-23-14(22)10-8-19(13(21)6-12(10)20)7-9-4-2-3-5-11(9)15(16,17)18/h2-6,8,20H,7H2,1H3. The van der Waals surface area contributed by atoms with E-state index in [4.69, 9.17) is 0 Å². The Hall–Kier alpha value is -2.77. The number of alkyl halides is 3. The van der Waals surface area contributed by atoms with Gasteiger partial charge >= 0.3 is 12.1 Å². The van der Waals surface area contributed by atoms with Crippen LogP contribution in [0.5, 0.6) is 5.75 Å². The maximum Gasteiger partial charge on any atom is 0.416 e. The number of pyridine rings is 1. The van der Waals surface area contributed by atoms with Gasteiger partial charge in [-0.15, -0.1) is 0 Å². The monoisotopic (exact) mass is 327 g/mol. The fraction of sp³-hybridized carbons (Fsp3) is 0.200. The maximum atomic E-state index is 13.0. The molecule has 8 heteroatoms. The molecule has 1 aromatic carbocycles. The zero-order valence-corrected chi connectivity index (χ0v) is 11.9. The summed E-state index contributed by atoms with van der Waals surface area (Å²) < 4.78 is 44.3. The first kappa shape index (κ1) is 16.6. The molecule has 0 aliphatic carbocycles. The topological polar surface area (TPSA) is 68.5 Å². The number of methoxy groups -OCH3 is 1. The molecule has 0 unspecified atom stereocenters. The van der Waals surface area contributed by atoms with E-state index in [1.807, 2.05) is 0 Å². The average Bonchev–Trinajstić information content (AvgIpc) is 2.48. The molecule has 0 bridgehead atoms. The summed E-state index contributed by atoms with van der Waals surface area (Å²) in [6.45, 7) is -0.404. The molecule has 0 aliphatic rings. The summed E-state index contributed by atoms with van der Waals surface area (Å²) in [5, 5.41) is 9.57. The number of aromatic nitrogens is 1. The minimum absolute atomic E-state index is 0.136. The Morgan fingerprint density at radius 3 is 2.57 bits per heavy atom. The van der Waals surface area contributed by atoms with Crippen LogP contribution in [-0.2, 0) is 17.5 Å². The number of halogens is 3. The van der Waals surface area contributed by atoms with Gasteiger partial charge in [0, 0.05) is 12.3 Å². The van der Waals surface area contributed by atoms with Gasteiger partial charge in [-0.25, -0.2) is 4.79 Å². The Morgan fingerprint density at radius 1 is 1.30 bits per heavy atom. The van der Waals surface area contributed by atoms with Crippen LogP contribution in [0.15, 0.2) is 41.3 Å². The zero-order chi connectivity index (χ0) is 17.2. The van der Waals surface area contributed by atoms with Crippen LogP contribution in [0.1, 0.15) is 21.5 Å². The van der Waals surface area contributed by atoms with Crippen LogP contribution in [0.3, 0.4) is 0 Å². The van der Waals surface area contributed by atoms with Crippen LogP contribution in [0, 0.1) is 0 Å². The molecule has 5 nitrogen and oxygen atoms in total. The van der Waals surface area contributed by atoms with Crippen molar-refractivity contribution < 1.29 is 27.8 Å². The number of ether oxygens (including phenoxy) is 1. The summed E-state index contributed by atoms with van der Waals surface area (Å²) in [6, 6.07) is 5.55. The molecule has 2 aromatic rings. The van der Waals surface area contributed by atoms with Crippen LogP contribution in [0.25, 0.3) is 0 Å². The number of nitrogens with zero attached hydrogens (tertiary/aromatic N) is 1. The fourth-order valence-electron chi connectivity index (χ4n) is 2.07. The number of hydrogen-bond acceptors (Lipinski definition) is 4. The summed E-state index contributed by atoms with van der Waals surface area (Å²) in [6.07, 6.45) is -3.60. The largest absolute Gasteiger partial charge is 0.507 e. The minimum atomic E-state index is -4.57. The highest BCUT2D eigenvalue weighted by molar-refractivity contribution is 5.91. The minimum Gasteiger partial charge on any atom is -0.507 e. The SMILES string of the molecule is COC(=O)c1cn(Cc2ccccc2C(F)(F)F)c(=O)cc1O. The van der Waals surface area contributed by atoms with Gasteiger partial charge in [0.05, 0.1) is 19.2 Å². The van der Waals surface area contributed by atoms with Crippen LogP contribution in [0.4, 0.5) is 13.2 Å². The Kier molecular flexibility index (Phi) is 4.44.